The van der Waals surface area contributed by atoms with E-state index in [-0.39, 0.29) is 0 Å². The first-order valence-electron chi connectivity index (χ1n) is 6.12. The van der Waals surface area contributed by atoms with Gasteiger partial charge in [-0.2, -0.15) is 5.26 Å². The lowest BCUT2D eigenvalue weighted by Crippen LogP contribution is -2.25. The number of nitriles is 1. The highest BCUT2D eigenvalue weighted by Gasteiger charge is 2.06. The lowest BCUT2D eigenvalue weighted by molar-refractivity contribution is 0.0318. The van der Waals surface area contributed by atoms with Crippen molar-refractivity contribution >= 4 is 5.69 Å². The third-order valence-electron chi connectivity index (χ3n) is 2.34. The minimum absolute atomic E-state index is 0.305. The van der Waals surface area contributed by atoms with Crippen molar-refractivity contribution < 1.29 is 9.84 Å². The molecule has 0 aliphatic rings. The van der Waals surface area contributed by atoms with Crippen molar-refractivity contribution in [3.05, 3.63) is 29.8 Å². The van der Waals surface area contributed by atoms with Gasteiger partial charge >= 0.3 is 0 Å². The molecule has 0 radical (unpaired) electrons. The fraction of sp³-hybridized carbons (Fsp3) is 0.500. The number of rotatable bonds is 7. The molecule has 0 saturated carbocycles. The molecule has 0 amide bonds. The first-order chi connectivity index (χ1) is 8.63. The predicted molar refractivity (Wildman–Crippen MR) is 71.3 cm³/mol. The van der Waals surface area contributed by atoms with Gasteiger partial charge in [0.25, 0.3) is 0 Å². The van der Waals surface area contributed by atoms with E-state index in [0.717, 1.165) is 5.69 Å². The molecule has 0 spiro atoms. The van der Waals surface area contributed by atoms with Crippen LogP contribution in [0.3, 0.4) is 0 Å². The molecular formula is C14H20N2O2. The first-order valence-corrected chi connectivity index (χ1v) is 6.12. The molecule has 0 aliphatic carbocycles. The van der Waals surface area contributed by atoms with Crippen LogP contribution in [0.1, 0.15) is 19.4 Å². The predicted octanol–water partition coefficient (Wildman–Crippen LogP) is 2.00. The van der Waals surface area contributed by atoms with Crippen LogP contribution in [-0.2, 0) is 4.74 Å². The maximum atomic E-state index is 9.72. The number of hydrogen-bond donors (Lipinski definition) is 2. The van der Waals surface area contributed by atoms with Gasteiger partial charge in [0.15, 0.2) is 0 Å². The molecule has 0 aromatic heterocycles. The maximum Gasteiger partial charge on any atom is 0.101 e. The molecular weight excluding hydrogens is 228 g/mol. The Hall–Kier alpha value is -1.57. The zero-order valence-electron chi connectivity index (χ0n) is 10.9. The molecule has 0 bridgehead atoms. The number of ether oxygens (including phenoxy) is 1. The van der Waals surface area contributed by atoms with Crippen molar-refractivity contribution in [3.8, 4) is 6.07 Å². The first kappa shape index (κ1) is 14.5. The van der Waals surface area contributed by atoms with Gasteiger partial charge in [-0.25, -0.2) is 0 Å². The number of hydrogen-bond acceptors (Lipinski definition) is 4. The maximum absolute atomic E-state index is 9.72. The van der Waals surface area contributed by atoms with Crippen molar-refractivity contribution in [1.82, 2.24) is 0 Å². The van der Waals surface area contributed by atoms with Gasteiger partial charge in [-0.1, -0.05) is 26.0 Å². The minimum atomic E-state index is -0.574. The lowest BCUT2D eigenvalue weighted by atomic mass is 10.2. The number of nitrogens with one attached hydrogen (secondary N) is 1. The highest BCUT2D eigenvalue weighted by Crippen LogP contribution is 2.13. The summed E-state index contributed by atoms with van der Waals surface area (Å²) >= 11 is 0. The van der Waals surface area contributed by atoms with Crippen molar-refractivity contribution in [1.29, 1.82) is 5.26 Å². The van der Waals surface area contributed by atoms with Gasteiger partial charge in [0, 0.05) is 13.2 Å². The van der Waals surface area contributed by atoms with Gasteiger partial charge in [-0.15, -0.1) is 0 Å². The fourth-order valence-corrected chi connectivity index (χ4v) is 1.46. The van der Waals surface area contributed by atoms with Crippen molar-refractivity contribution in [2.45, 2.75) is 20.0 Å². The van der Waals surface area contributed by atoms with E-state index in [0.29, 0.717) is 31.2 Å². The molecule has 1 unspecified atom stereocenters. The highest BCUT2D eigenvalue weighted by atomic mass is 16.5. The van der Waals surface area contributed by atoms with Crippen LogP contribution in [0.25, 0.3) is 0 Å². The summed E-state index contributed by atoms with van der Waals surface area (Å²) in [7, 11) is 0. The number of aliphatic hydroxyl groups is 1. The average molecular weight is 248 g/mol. The van der Waals surface area contributed by atoms with Gasteiger partial charge < -0.3 is 15.2 Å². The standard InChI is InChI=1S/C14H20N2O2/c1-11(2)9-18-10-13(17)8-16-14-6-4-3-5-12(14)7-15/h3-6,11,13,16-17H,8-10H2,1-2H3. The summed E-state index contributed by atoms with van der Waals surface area (Å²) in [6, 6.07) is 9.33. The van der Waals surface area contributed by atoms with E-state index in [9.17, 15) is 5.11 Å². The number of nitrogens with zero attached hydrogens (tertiary/aromatic N) is 1. The summed E-state index contributed by atoms with van der Waals surface area (Å²) in [4.78, 5) is 0. The smallest absolute Gasteiger partial charge is 0.101 e. The summed E-state index contributed by atoms with van der Waals surface area (Å²) in [5, 5.41) is 21.7. The summed E-state index contributed by atoms with van der Waals surface area (Å²) in [5.74, 6) is 0.462. The summed E-state index contributed by atoms with van der Waals surface area (Å²) in [5.41, 5.74) is 1.32. The molecule has 0 saturated heterocycles. The van der Waals surface area contributed by atoms with E-state index < -0.39 is 6.10 Å². The fourth-order valence-electron chi connectivity index (χ4n) is 1.46. The Morgan fingerprint density at radius 3 is 2.72 bits per heavy atom. The van der Waals surface area contributed by atoms with Crippen molar-refractivity contribution in [3.63, 3.8) is 0 Å². The molecule has 2 N–H and O–H groups in total. The van der Waals surface area contributed by atoms with Crippen molar-refractivity contribution in [2.75, 3.05) is 25.1 Å². The number of anilines is 1. The van der Waals surface area contributed by atoms with Crippen LogP contribution in [0.15, 0.2) is 24.3 Å². The highest BCUT2D eigenvalue weighted by molar-refractivity contribution is 5.57. The lowest BCUT2D eigenvalue weighted by Gasteiger charge is -2.14. The van der Waals surface area contributed by atoms with E-state index in [1.165, 1.54) is 0 Å². The van der Waals surface area contributed by atoms with Crippen LogP contribution in [0, 0.1) is 17.2 Å². The normalized spacial score (nSPS) is 12.2. The van der Waals surface area contributed by atoms with Crippen LogP contribution in [-0.4, -0.2) is 31.0 Å². The third kappa shape index (κ3) is 5.17. The topological polar surface area (TPSA) is 65.3 Å². The quantitative estimate of drug-likeness (QED) is 0.774. The molecule has 1 atom stereocenters. The van der Waals surface area contributed by atoms with Crippen LogP contribution < -0.4 is 5.32 Å². The Labute approximate surface area is 108 Å². The number of aliphatic hydroxyl groups excluding tert-OH is 1. The second-order valence-electron chi connectivity index (χ2n) is 4.62. The van der Waals surface area contributed by atoms with E-state index in [4.69, 9.17) is 10.00 Å². The van der Waals surface area contributed by atoms with Gasteiger partial charge in [0.2, 0.25) is 0 Å². The summed E-state index contributed by atoms with van der Waals surface area (Å²) in [6.07, 6.45) is -0.574. The van der Waals surface area contributed by atoms with Crippen LogP contribution in [0.2, 0.25) is 0 Å². The Morgan fingerprint density at radius 2 is 2.06 bits per heavy atom. The second-order valence-corrected chi connectivity index (χ2v) is 4.62. The minimum Gasteiger partial charge on any atom is -0.389 e. The molecule has 1 aromatic rings. The van der Waals surface area contributed by atoms with Crippen LogP contribution in [0.5, 0.6) is 0 Å². The van der Waals surface area contributed by atoms with Gasteiger partial charge in [0.1, 0.15) is 6.07 Å². The largest absolute Gasteiger partial charge is 0.389 e. The Kier molecular flexibility index (Phi) is 6.20. The number of para-hydroxylation sites is 1. The van der Waals surface area contributed by atoms with E-state index in [1.807, 2.05) is 18.2 Å². The summed E-state index contributed by atoms with van der Waals surface area (Å²) < 4.78 is 5.35. The Balaban J connectivity index is 2.34. The zero-order valence-corrected chi connectivity index (χ0v) is 10.9. The summed E-state index contributed by atoms with van der Waals surface area (Å²) in [6.45, 7) is 5.45. The molecule has 0 heterocycles. The van der Waals surface area contributed by atoms with Gasteiger partial charge in [-0.3, -0.25) is 0 Å². The molecule has 1 aromatic carbocycles. The van der Waals surface area contributed by atoms with E-state index in [2.05, 4.69) is 25.2 Å². The van der Waals surface area contributed by atoms with Crippen LogP contribution >= 0.6 is 0 Å². The third-order valence-corrected chi connectivity index (χ3v) is 2.34. The molecule has 1 rings (SSSR count). The molecule has 4 heteroatoms. The molecule has 0 fully saturated rings. The van der Waals surface area contributed by atoms with Gasteiger partial charge in [-0.05, 0) is 18.1 Å². The van der Waals surface area contributed by atoms with Crippen LogP contribution in [0.4, 0.5) is 5.69 Å². The molecule has 18 heavy (non-hydrogen) atoms. The zero-order chi connectivity index (χ0) is 13.4. The molecule has 98 valence electrons. The average Bonchev–Trinajstić information content (AvgIpc) is 2.36. The SMILES string of the molecule is CC(C)COCC(O)CNc1ccccc1C#N. The van der Waals surface area contributed by atoms with E-state index >= 15 is 0 Å². The molecule has 4 nitrogen and oxygen atoms in total. The Bertz CT molecular complexity index is 399. The number of benzene rings is 1. The monoisotopic (exact) mass is 248 g/mol. The molecule has 0 aliphatic heterocycles. The van der Waals surface area contributed by atoms with Gasteiger partial charge in [0.05, 0.1) is 24.0 Å². The Morgan fingerprint density at radius 1 is 1.33 bits per heavy atom. The van der Waals surface area contributed by atoms with Crippen molar-refractivity contribution in [2.24, 2.45) is 5.92 Å². The van der Waals surface area contributed by atoms with E-state index in [1.54, 1.807) is 6.07 Å². The second kappa shape index (κ2) is 7.70.